The van der Waals surface area contributed by atoms with Gasteiger partial charge in [0.05, 0.1) is 12.7 Å². The summed E-state index contributed by atoms with van der Waals surface area (Å²) in [7, 11) is 1.45. The van der Waals surface area contributed by atoms with E-state index in [0.717, 1.165) is 0 Å². The maximum absolute atomic E-state index is 12.0. The molecular weight excluding hydrogens is 246 g/mol. The van der Waals surface area contributed by atoms with Gasteiger partial charge in [0.25, 0.3) is 0 Å². The van der Waals surface area contributed by atoms with E-state index in [0.29, 0.717) is 24.4 Å². The van der Waals surface area contributed by atoms with Gasteiger partial charge in [-0.15, -0.1) is 6.58 Å². The molecule has 1 aromatic rings. The predicted octanol–water partition coefficient (Wildman–Crippen LogP) is 1.93. The van der Waals surface area contributed by atoms with Crippen LogP contribution in [0, 0.1) is 5.92 Å². The Labute approximate surface area is 111 Å². The van der Waals surface area contributed by atoms with E-state index < -0.39 is 5.97 Å². The number of nitrogens with zero attached hydrogens (tertiary/aromatic N) is 1. The fraction of sp³-hybridized carbons (Fsp3) is 0.286. The first-order valence-electron chi connectivity index (χ1n) is 5.91. The fourth-order valence-corrected chi connectivity index (χ4v) is 2.25. The van der Waals surface area contributed by atoms with Gasteiger partial charge in [0, 0.05) is 18.9 Å². The van der Waals surface area contributed by atoms with Crippen LogP contribution in [0.4, 0.5) is 5.69 Å². The Kier molecular flexibility index (Phi) is 3.55. The predicted molar refractivity (Wildman–Crippen MR) is 70.6 cm³/mol. The lowest BCUT2D eigenvalue weighted by Crippen LogP contribution is -2.27. The van der Waals surface area contributed by atoms with Crippen molar-refractivity contribution in [2.45, 2.75) is 6.42 Å². The standard InChI is InChI=1S/C14H15NO4/c1-3-9-7-12(16)15(8-9)13-10(14(17)18)5-4-6-11(13)19-2/h3-6,9H,1,7-8H2,2H3,(H,17,18). The summed E-state index contributed by atoms with van der Waals surface area (Å²) in [6.07, 6.45) is 2.06. The summed E-state index contributed by atoms with van der Waals surface area (Å²) < 4.78 is 5.18. The highest BCUT2D eigenvalue weighted by molar-refractivity contribution is 6.05. The van der Waals surface area contributed by atoms with Gasteiger partial charge >= 0.3 is 5.97 Å². The highest BCUT2D eigenvalue weighted by Crippen LogP contribution is 2.36. The van der Waals surface area contributed by atoms with Crippen molar-refractivity contribution in [3.05, 3.63) is 36.4 Å². The molecule has 0 bridgehead atoms. The van der Waals surface area contributed by atoms with Crippen LogP contribution in [-0.2, 0) is 4.79 Å². The molecule has 2 rings (SSSR count). The van der Waals surface area contributed by atoms with E-state index in [-0.39, 0.29) is 17.4 Å². The number of para-hydroxylation sites is 1. The van der Waals surface area contributed by atoms with Gasteiger partial charge in [0.2, 0.25) is 5.91 Å². The molecule has 5 heteroatoms. The van der Waals surface area contributed by atoms with Gasteiger partial charge in [-0.1, -0.05) is 12.1 Å². The van der Waals surface area contributed by atoms with Gasteiger partial charge in [0.15, 0.2) is 0 Å². The fourth-order valence-electron chi connectivity index (χ4n) is 2.25. The number of carbonyl (C=O) groups is 2. The second kappa shape index (κ2) is 5.14. The molecule has 1 heterocycles. The van der Waals surface area contributed by atoms with Crippen LogP contribution in [0.25, 0.3) is 0 Å². The third kappa shape index (κ3) is 2.31. The van der Waals surface area contributed by atoms with E-state index >= 15 is 0 Å². The van der Waals surface area contributed by atoms with Crippen LogP contribution in [0.15, 0.2) is 30.9 Å². The Bertz CT molecular complexity index is 538. The number of rotatable bonds is 4. The van der Waals surface area contributed by atoms with Crippen LogP contribution >= 0.6 is 0 Å². The second-order valence-corrected chi connectivity index (χ2v) is 4.37. The molecule has 100 valence electrons. The van der Waals surface area contributed by atoms with E-state index in [2.05, 4.69) is 6.58 Å². The lowest BCUT2D eigenvalue weighted by Gasteiger charge is -2.21. The molecule has 1 aromatic carbocycles. The first-order valence-corrected chi connectivity index (χ1v) is 5.91. The highest BCUT2D eigenvalue weighted by atomic mass is 16.5. The molecule has 1 aliphatic rings. The number of carboxylic acid groups (broad SMARTS) is 1. The number of anilines is 1. The number of hydrogen-bond acceptors (Lipinski definition) is 3. The van der Waals surface area contributed by atoms with Gasteiger partial charge in [-0.05, 0) is 12.1 Å². The lowest BCUT2D eigenvalue weighted by molar-refractivity contribution is -0.117. The van der Waals surface area contributed by atoms with Crippen LogP contribution in [-0.4, -0.2) is 30.6 Å². The summed E-state index contributed by atoms with van der Waals surface area (Å²) in [6, 6.07) is 4.71. The summed E-state index contributed by atoms with van der Waals surface area (Å²) in [6.45, 7) is 4.11. The smallest absolute Gasteiger partial charge is 0.337 e. The Hall–Kier alpha value is -2.30. The summed E-state index contributed by atoms with van der Waals surface area (Å²) in [4.78, 5) is 24.8. The number of amides is 1. The van der Waals surface area contributed by atoms with Crippen molar-refractivity contribution >= 4 is 17.6 Å². The molecule has 5 nitrogen and oxygen atoms in total. The number of ether oxygens (including phenoxy) is 1. The number of methoxy groups -OCH3 is 1. The molecule has 1 aliphatic heterocycles. The molecule has 1 atom stereocenters. The van der Waals surface area contributed by atoms with Gasteiger partial charge in [-0.25, -0.2) is 4.79 Å². The van der Waals surface area contributed by atoms with Crippen molar-refractivity contribution in [1.82, 2.24) is 0 Å². The normalized spacial score (nSPS) is 18.5. The quantitative estimate of drug-likeness (QED) is 0.841. The first-order chi connectivity index (χ1) is 9.08. The molecule has 1 amide bonds. The average molecular weight is 261 g/mol. The number of carboxylic acids is 1. The zero-order valence-corrected chi connectivity index (χ0v) is 10.6. The molecule has 1 fully saturated rings. The Morgan fingerprint density at radius 3 is 2.84 bits per heavy atom. The molecule has 1 saturated heterocycles. The number of carbonyl (C=O) groups excluding carboxylic acids is 1. The summed E-state index contributed by atoms with van der Waals surface area (Å²) in [5.74, 6) is -0.766. The third-order valence-corrected chi connectivity index (χ3v) is 3.21. The molecule has 0 radical (unpaired) electrons. The van der Waals surface area contributed by atoms with E-state index in [1.807, 2.05) is 0 Å². The largest absolute Gasteiger partial charge is 0.495 e. The molecule has 1 N–H and O–H groups in total. The topological polar surface area (TPSA) is 66.8 Å². The van der Waals surface area contributed by atoms with E-state index in [9.17, 15) is 14.7 Å². The van der Waals surface area contributed by atoms with Crippen molar-refractivity contribution in [2.75, 3.05) is 18.6 Å². The monoisotopic (exact) mass is 261 g/mol. The third-order valence-electron chi connectivity index (χ3n) is 3.21. The Morgan fingerprint density at radius 2 is 2.32 bits per heavy atom. The summed E-state index contributed by atoms with van der Waals surface area (Å²) in [5.41, 5.74) is 0.393. The van der Waals surface area contributed by atoms with Crippen LogP contribution < -0.4 is 9.64 Å². The zero-order valence-electron chi connectivity index (χ0n) is 10.6. The average Bonchev–Trinajstić information content (AvgIpc) is 2.78. The van der Waals surface area contributed by atoms with Crippen LogP contribution in [0.5, 0.6) is 5.75 Å². The SMILES string of the molecule is C=CC1CC(=O)N(c2c(OC)cccc2C(=O)O)C1. The molecule has 0 aromatic heterocycles. The van der Waals surface area contributed by atoms with Crippen molar-refractivity contribution in [3.63, 3.8) is 0 Å². The van der Waals surface area contributed by atoms with E-state index in [1.54, 1.807) is 18.2 Å². The van der Waals surface area contributed by atoms with Crippen molar-refractivity contribution in [2.24, 2.45) is 5.92 Å². The van der Waals surface area contributed by atoms with Gasteiger partial charge in [-0.3, -0.25) is 4.79 Å². The second-order valence-electron chi connectivity index (χ2n) is 4.37. The van der Waals surface area contributed by atoms with E-state index in [4.69, 9.17) is 4.74 Å². The maximum atomic E-state index is 12.0. The molecular formula is C14H15NO4. The number of hydrogen-bond donors (Lipinski definition) is 1. The first kappa shape index (κ1) is 13.1. The Balaban J connectivity index is 2.51. The molecule has 0 spiro atoms. The highest BCUT2D eigenvalue weighted by Gasteiger charge is 2.33. The van der Waals surface area contributed by atoms with Crippen LogP contribution in [0.1, 0.15) is 16.8 Å². The lowest BCUT2D eigenvalue weighted by atomic mass is 10.1. The minimum atomic E-state index is -1.08. The van der Waals surface area contributed by atoms with Gasteiger partial charge in [0.1, 0.15) is 11.4 Å². The molecule has 19 heavy (non-hydrogen) atoms. The van der Waals surface area contributed by atoms with E-state index in [1.165, 1.54) is 18.1 Å². The van der Waals surface area contributed by atoms with Gasteiger partial charge in [-0.2, -0.15) is 0 Å². The van der Waals surface area contributed by atoms with Crippen LogP contribution in [0.3, 0.4) is 0 Å². The Morgan fingerprint density at radius 1 is 1.58 bits per heavy atom. The number of aromatic carboxylic acids is 1. The molecule has 0 aliphatic carbocycles. The molecule has 1 unspecified atom stereocenters. The minimum absolute atomic E-state index is 0.0408. The van der Waals surface area contributed by atoms with Crippen molar-refractivity contribution in [1.29, 1.82) is 0 Å². The van der Waals surface area contributed by atoms with Crippen LogP contribution in [0.2, 0.25) is 0 Å². The summed E-state index contributed by atoms with van der Waals surface area (Å²) >= 11 is 0. The van der Waals surface area contributed by atoms with Crippen molar-refractivity contribution < 1.29 is 19.4 Å². The molecule has 0 saturated carbocycles. The van der Waals surface area contributed by atoms with Crippen molar-refractivity contribution in [3.8, 4) is 5.75 Å². The zero-order chi connectivity index (χ0) is 14.0. The minimum Gasteiger partial charge on any atom is -0.495 e. The number of benzene rings is 1. The van der Waals surface area contributed by atoms with Gasteiger partial charge < -0.3 is 14.7 Å². The maximum Gasteiger partial charge on any atom is 0.337 e. The summed E-state index contributed by atoms with van der Waals surface area (Å²) in [5, 5.41) is 9.24.